The van der Waals surface area contributed by atoms with Crippen LogP contribution in [0.3, 0.4) is 0 Å². The summed E-state index contributed by atoms with van der Waals surface area (Å²) < 4.78 is 16.1. The van der Waals surface area contributed by atoms with Gasteiger partial charge in [0.1, 0.15) is 5.75 Å². The van der Waals surface area contributed by atoms with Gasteiger partial charge >= 0.3 is 0 Å². The van der Waals surface area contributed by atoms with Gasteiger partial charge in [0.15, 0.2) is 18.1 Å². The zero-order valence-electron chi connectivity index (χ0n) is 16.6. The molecule has 156 valence electrons. The standard InChI is InChI=1S/C22H21ClN2O4S/c1-27-18-5-3-4-16(10-18)25-22(26)13-29-20-11-17(24-12-21(20)28-2)14-30-19-8-6-15(23)7-9-19/h3-12H,13-14H2,1-2H3,(H,25,26). The fourth-order valence-electron chi connectivity index (χ4n) is 2.54. The second-order valence-corrected chi connectivity index (χ2v) is 7.62. The van der Waals surface area contributed by atoms with Crippen LogP contribution < -0.4 is 19.5 Å². The van der Waals surface area contributed by atoms with Crippen molar-refractivity contribution in [3.63, 3.8) is 0 Å². The molecule has 0 unspecified atom stereocenters. The van der Waals surface area contributed by atoms with Crippen LogP contribution in [0.5, 0.6) is 17.2 Å². The summed E-state index contributed by atoms with van der Waals surface area (Å²) in [4.78, 5) is 17.7. The Morgan fingerprint density at radius 3 is 2.60 bits per heavy atom. The average Bonchev–Trinajstić information content (AvgIpc) is 2.77. The van der Waals surface area contributed by atoms with Crippen LogP contribution in [0.25, 0.3) is 0 Å². The molecule has 1 amide bonds. The molecule has 8 heteroatoms. The summed E-state index contributed by atoms with van der Waals surface area (Å²) in [6.07, 6.45) is 1.59. The number of rotatable bonds is 9. The van der Waals surface area contributed by atoms with Crippen LogP contribution in [0.1, 0.15) is 5.69 Å². The van der Waals surface area contributed by atoms with Crippen LogP contribution >= 0.6 is 23.4 Å². The zero-order chi connectivity index (χ0) is 21.3. The van der Waals surface area contributed by atoms with Crippen molar-refractivity contribution in [3.8, 4) is 17.2 Å². The van der Waals surface area contributed by atoms with Gasteiger partial charge in [0.05, 0.1) is 26.1 Å². The molecule has 0 fully saturated rings. The average molecular weight is 445 g/mol. The number of thioether (sulfide) groups is 1. The summed E-state index contributed by atoms with van der Waals surface area (Å²) in [5.41, 5.74) is 1.43. The van der Waals surface area contributed by atoms with E-state index in [0.29, 0.717) is 33.7 Å². The molecule has 0 spiro atoms. The van der Waals surface area contributed by atoms with Crippen molar-refractivity contribution in [3.05, 3.63) is 71.5 Å². The molecule has 2 aromatic carbocycles. The van der Waals surface area contributed by atoms with E-state index in [9.17, 15) is 4.79 Å². The van der Waals surface area contributed by atoms with E-state index in [2.05, 4.69) is 10.3 Å². The van der Waals surface area contributed by atoms with Gasteiger partial charge in [-0.3, -0.25) is 9.78 Å². The molecular weight excluding hydrogens is 424 g/mol. The van der Waals surface area contributed by atoms with E-state index in [1.807, 2.05) is 24.3 Å². The zero-order valence-corrected chi connectivity index (χ0v) is 18.1. The Morgan fingerprint density at radius 1 is 1.07 bits per heavy atom. The van der Waals surface area contributed by atoms with Crippen LogP contribution in [0, 0.1) is 0 Å². The number of nitrogens with zero attached hydrogens (tertiary/aromatic N) is 1. The van der Waals surface area contributed by atoms with Crippen molar-refractivity contribution in [2.24, 2.45) is 0 Å². The van der Waals surface area contributed by atoms with Gasteiger partial charge in [-0.1, -0.05) is 17.7 Å². The Balaban J connectivity index is 1.60. The van der Waals surface area contributed by atoms with E-state index in [4.69, 9.17) is 25.8 Å². The lowest BCUT2D eigenvalue weighted by molar-refractivity contribution is -0.118. The first-order valence-electron chi connectivity index (χ1n) is 9.05. The molecule has 3 rings (SSSR count). The van der Waals surface area contributed by atoms with Crippen LogP contribution in [-0.2, 0) is 10.5 Å². The lowest BCUT2D eigenvalue weighted by Crippen LogP contribution is -2.20. The minimum atomic E-state index is -0.292. The number of nitrogens with one attached hydrogen (secondary N) is 1. The van der Waals surface area contributed by atoms with Crippen LogP contribution in [0.2, 0.25) is 5.02 Å². The highest BCUT2D eigenvalue weighted by Crippen LogP contribution is 2.30. The monoisotopic (exact) mass is 444 g/mol. The number of carbonyl (C=O) groups excluding carboxylic acids is 1. The van der Waals surface area contributed by atoms with Gasteiger partial charge in [-0.15, -0.1) is 11.8 Å². The largest absolute Gasteiger partial charge is 0.497 e. The van der Waals surface area contributed by atoms with Crippen molar-refractivity contribution in [2.45, 2.75) is 10.6 Å². The molecule has 1 aromatic heterocycles. The predicted molar refractivity (Wildman–Crippen MR) is 119 cm³/mol. The maximum atomic E-state index is 12.3. The summed E-state index contributed by atoms with van der Waals surface area (Å²) in [6.45, 7) is -0.165. The van der Waals surface area contributed by atoms with Gasteiger partial charge < -0.3 is 19.5 Å². The number of anilines is 1. The molecule has 0 atom stereocenters. The molecule has 0 saturated heterocycles. The van der Waals surface area contributed by atoms with Crippen molar-refractivity contribution in [1.29, 1.82) is 0 Å². The molecule has 0 saturated carbocycles. The van der Waals surface area contributed by atoms with Gasteiger partial charge in [0, 0.05) is 33.5 Å². The van der Waals surface area contributed by atoms with Gasteiger partial charge in [-0.2, -0.15) is 0 Å². The number of methoxy groups -OCH3 is 2. The van der Waals surface area contributed by atoms with Crippen molar-refractivity contribution < 1.29 is 19.0 Å². The first-order chi connectivity index (χ1) is 14.6. The maximum absolute atomic E-state index is 12.3. The topological polar surface area (TPSA) is 69.7 Å². The normalized spacial score (nSPS) is 10.4. The Bertz CT molecular complexity index is 999. The molecule has 0 aliphatic carbocycles. The van der Waals surface area contributed by atoms with Crippen molar-refractivity contribution in [1.82, 2.24) is 4.98 Å². The number of benzene rings is 2. The minimum Gasteiger partial charge on any atom is -0.497 e. The Kier molecular flexibility index (Phi) is 7.82. The number of amides is 1. The van der Waals surface area contributed by atoms with E-state index in [1.165, 1.54) is 7.11 Å². The molecule has 3 aromatic rings. The molecule has 0 aliphatic rings. The van der Waals surface area contributed by atoms with Gasteiger partial charge in [-0.25, -0.2) is 0 Å². The first kappa shape index (κ1) is 21.8. The predicted octanol–water partition coefficient (Wildman–Crippen LogP) is 5.06. The molecule has 6 nitrogen and oxygen atoms in total. The highest BCUT2D eigenvalue weighted by Gasteiger charge is 2.11. The number of pyridine rings is 1. The maximum Gasteiger partial charge on any atom is 0.262 e. The van der Waals surface area contributed by atoms with E-state index in [-0.39, 0.29) is 12.5 Å². The van der Waals surface area contributed by atoms with Gasteiger partial charge in [0.2, 0.25) is 0 Å². The lowest BCUT2D eigenvalue weighted by Gasteiger charge is -2.12. The Hall–Kier alpha value is -2.90. The number of carbonyl (C=O) groups is 1. The first-order valence-corrected chi connectivity index (χ1v) is 10.4. The third kappa shape index (κ3) is 6.30. The van der Waals surface area contributed by atoms with Crippen molar-refractivity contribution in [2.75, 3.05) is 26.1 Å². The van der Waals surface area contributed by atoms with Crippen molar-refractivity contribution >= 4 is 35.0 Å². The smallest absolute Gasteiger partial charge is 0.262 e. The molecule has 30 heavy (non-hydrogen) atoms. The molecule has 0 bridgehead atoms. The highest BCUT2D eigenvalue weighted by molar-refractivity contribution is 7.98. The van der Waals surface area contributed by atoms with E-state index < -0.39 is 0 Å². The molecule has 0 radical (unpaired) electrons. The minimum absolute atomic E-state index is 0.165. The lowest BCUT2D eigenvalue weighted by atomic mass is 10.3. The number of hydrogen-bond donors (Lipinski definition) is 1. The number of hydrogen-bond acceptors (Lipinski definition) is 6. The third-order valence-electron chi connectivity index (χ3n) is 4.02. The molecular formula is C22H21ClN2O4S. The van der Waals surface area contributed by atoms with E-state index in [0.717, 1.165) is 10.6 Å². The fraction of sp³-hybridized carbons (Fsp3) is 0.182. The fourth-order valence-corrected chi connectivity index (χ4v) is 3.47. The molecule has 0 aliphatic heterocycles. The van der Waals surface area contributed by atoms with E-state index >= 15 is 0 Å². The second-order valence-electron chi connectivity index (χ2n) is 6.14. The highest BCUT2D eigenvalue weighted by atomic mass is 35.5. The molecule has 1 heterocycles. The third-order valence-corrected chi connectivity index (χ3v) is 5.32. The quantitative estimate of drug-likeness (QED) is 0.465. The number of halogens is 1. The number of aromatic nitrogens is 1. The summed E-state index contributed by atoms with van der Waals surface area (Å²) >= 11 is 7.54. The number of ether oxygens (including phenoxy) is 3. The summed E-state index contributed by atoms with van der Waals surface area (Å²) in [7, 11) is 3.10. The van der Waals surface area contributed by atoms with Crippen LogP contribution in [0.4, 0.5) is 5.69 Å². The van der Waals surface area contributed by atoms with Crippen LogP contribution in [0.15, 0.2) is 65.7 Å². The van der Waals surface area contributed by atoms with Gasteiger partial charge in [-0.05, 0) is 36.4 Å². The van der Waals surface area contributed by atoms with Crippen LogP contribution in [-0.4, -0.2) is 31.7 Å². The summed E-state index contributed by atoms with van der Waals surface area (Å²) in [6, 6.07) is 16.5. The second kappa shape index (κ2) is 10.8. The van der Waals surface area contributed by atoms with Gasteiger partial charge in [0.25, 0.3) is 5.91 Å². The summed E-state index contributed by atoms with van der Waals surface area (Å²) in [5, 5.41) is 3.47. The Morgan fingerprint density at radius 2 is 1.87 bits per heavy atom. The summed E-state index contributed by atoms with van der Waals surface area (Å²) in [5.74, 6) is 1.92. The Labute approximate surface area is 184 Å². The molecule has 1 N–H and O–H groups in total. The van der Waals surface area contributed by atoms with E-state index in [1.54, 1.807) is 55.4 Å². The SMILES string of the molecule is COc1cccc(NC(=O)COc2cc(CSc3ccc(Cl)cc3)ncc2OC)c1.